The highest BCUT2D eigenvalue weighted by Gasteiger charge is 2.32. The van der Waals surface area contributed by atoms with Crippen molar-refractivity contribution in [3.05, 3.63) is 71.3 Å². The van der Waals surface area contributed by atoms with Gasteiger partial charge in [-0.2, -0.15) is 0 Å². The molecule has 0 aromatic heterocycles. The maximum atomic E-state index is 11.7. The van der Waals surface area contributed by atoms with Crippen LogP contribution >= 0.6 is 0 Å². The number of carbonyl (C=O) groups excluding carboxylic acids is 1. The van der Waals surface area contributed by atoms with Crippen molar-refractivity contribution >= 4 is 5.97 Å². The van der Waals surface area contributed by atoms with Crippen LogP contribution in [0.2, 0.25) is 0 Å². The maximum absolute atomic E-state index is 11.7. The SMILES string of the molecule is COC(=O)CC1CCc2ccccc2C1c1ccccc1. The number of fused-ring (bicyclic) bond motifs is 1. The minimum atomic E-state index is -0.111. The Bertz CT molecular complexity index is 618. The molecule has 0 heterocycles. The van der Waals surface area contributed by atoms with E-state index in [2.05, 4.69) is 48.5 Å². The van der Waals surface area contributed by atoms with Crippen LogP contribution in [0, 0.1) is 5.92 Å². The van der Waals surface area contributed by atoms with Gasteiger partial charge in [0.2, 0.25) is 0 Å². The molecule has 1 aliphatic carbocycles. The number of hydrogen-bond acceptors (Lipinski definition) is 2. The lowest BCUT2D eigenvalue weighted by Crippen LogP contribution is -2.24. The third-order valence-electron chi connectivity index (χ3n) is 4.46. The second-order valence-electron chi connectivity index (χ2n) is 5.67. The maximum Gasteiger partial charge on any atom is 0.305 e. The van der Waals surface area contributed by atoms with Crippen molar-refractivity contribution in [2.45, 2.75) is 25.2 Å². The van der Waals surface area contributed by atoms with Gasteiger partial charge in [-0.15, -0.1) is 0 Å². The third kappa shape index (κ3) is 2.85. The summed E-state index contributed by atoms with van der Waals surface area (Å²) in [6.45, 7) is 0. The summed E-state index contributed by atoms with van der Waals surface area (Å²) in [6.07, 6.45) is 2.57. The van der Waals surface area contributed by atoms with Crippen LogP contribution in [-0.4, -0.2) is 13.1 Å². The largest absolute Gasteiger partial charge is 0.469 e. The Kier molecular flexibility index (Phi) is 4.05. The fourth-order valence-corrected chi connectivity index (χ4v) is 3.46. The predicted molar refractivity (Wildman–Crippen MR) is 83.2 cm³/mol. The van der Waals surface area contributed by atoms with Crippen molar-refractivity contribution in [1.82, 2.24) is 0 Å². The van der Waals surface area contributed by atoms with Crippen molar-refractivity contribution < 1.29 is 9.53 Å². The molecule has 0 aliphatic heterocycles. The molecule has 21 heavy (non-hydrogen) atoms. The molecule has 108 valence electrons. The summed E-state index contributed by atoms with van der Waals surface area (Å²) in [5.41, 5.74) is 4.06. The zero-order chi connectivity index (χ0) is 14.7. The van der Waals surface area contributed by atoms with Crippen molar-refractivity contribution in [3.63, 3.8) is 0 Å². The normalized spacial score (nSPS) is 20.6. The number of ether oxygens (including phenoxy) is 1. The van der Waals surface area contributed by atoms with Gasteiger partial charge < -0.3 is 4.74 Å². The third-order valence-corrected chi connectivity index (χ3v) is 4.46. The molecule has 0 N–H and O–H groups in total. The number of rotatable bonds is 3. The van der Waals surface area contributed by atoms with Crippen molar-refractivity contribution in [2.75, 3.05) is 7.11 Å². The van der Waals surface area contributed by atoms with Crippen LogP contribution < -0.4 is 0 Å². The molecule has 3 rings (SSSR count). The average molecular weight is 280 g/mol. The van der Waals surface area contributed by atoms with Gasteiger partial charge >= 0.3 is 5.97 Å². The van der Waals surface area contributed by atoms with Crippen molar-refractivity contribution in [3.8, 4) is 0 Å². The highest BCUT2D eigenvalue weighted by Crippen LogP contribution is 2.42. The molecule has 2 aromatic carbocycles. The number of aryl methyl sites for hydroxylation is 1. The average Bonchev–Trinajstić information content (AvgIpc) is 2.55. The highest BCUT2D eigenvalue weighted by atomic mass is 16.5. The van der Waals surface area contributed by atoms with Gasteiger partial charge in [0.15, 0.2) is 0 Å². The van der Waals surface area contributed by atoms with E-state index in [9.17, 15) is 4.79 Å². The summed E-state index contributed by atoms with van der Waals surface area (Å²) in [5.74, 6) is 0.491. The zero-order valence-corrected chi connectivity index (χ0v) is 12.3. The van der Waals surface area contributed by atoms with E-state index in [1.54, 1.807) is 0 Å². The second-order valence-corrected chi connectivity index (χ2v) is 5.67. The Hall–Kier alpha value is -2.09. The first kappa shape index (κ1) is 13.9. The number of carbonyl (C=O) groups is 1. The Morgan fingerprint density at radius 1 is 1.10 bits per heavy atom. The van der Waals surface area contributed by atoms with Gasteiger partial charge in [-0.3, -0.25) is 4.79 Å². The first-order valence-electron chi connectivity index (χ1n) is 7.49. The summed E-state index contributed by atoms with van der Waals surface area (Å²) < 4.78 is 4.89. The summed E-state index contributed by atoms with van der Waals surface area (Å²) in [4.78, 5) is 11.7. The van der Waals surface area contributed by atoms with Gasteiger partial charge in [0.25, 0.3) is 0 Å². The van der Waals surface area contributed by atoms with E-state index in [0.29, 0.717) is 12.3 Å². The molecular weight excluding hydrogens is 260 g/mol. The molecule has 2 atom stereocenters. The van der Waals surface area contributed by atoms with Gasteiger partial charge in [-0.25, -0.2) is 0 Å². The molecule has 2 aromatic rings. The van der Waals surface area contributed by atoms with Gasteiger partial charge in [-0.1, -0.05) is 54.6 Å². The van der Waals surface area contributed by atoms with E-state index in [1.807, 2.05) is 6.07 Å². The smallest absolute Gasteiger partial charge is 0.305 e. The van der Waals surface area contributed by atoms with E-state index in [1.165, 1.54) is 23.8 Å². The van der Waals surface area contributed by atoms with Crippen LogP contribution in [0.5, 0.6) is 0 Å². The van der Waals surface area contributed by atoms with Crippen LogP contribution in [0.4, 0.5) is 0 Å². The van der Waals surface area contributed by atoms with E-state index >= 15 is 0 Å². The molecular formula is C19H20O2. The van der Waals surface area contributed by atoms with Gasteiger partial charge in [0.05, 0.1) is 7.11 Å². The Morgan fingerprint density at radius 2 is 1.81 bits per heavy atom. The Labute approximate surface area is 125 Å². The lowest BCUT2D eigenvalue weighted by atomic mass is 9.71. The first-order chi connectivity index (χ1) is 10.3. The molecule has 0 radical (unpaired) electrons. The summed E-state index contributed by atoms with van der Waals surface area (Å²) in [7, 11) is 1.47. The van der Waals surface area contributed by atoms with Crippen LogP contribution in [-0.2, 0) is 16.0 Å². The summed E-state index contributed by atoms with van der Waals surface area (Å²) in [6, 6.07) is 19.1. The Balaban J connectivity index is 2.01. The molecule has 2 nitrogen and oxygen atoms in total. The predicted octanol–water partition coefficient (Wildman–Crippen LogP) is 3.94. The molecule has 0 bridgehead atoms. The summed E-state index contributed by atoms with van der Waals surface area (Å²) >= 11 is 0. The Morgan fingerprint density at radius 3 is 2.57 bits per heavy atom. The van der Waals surface area contributed by atoms with E-state index in [-0.39, 0.29) is 11.9 Å². The molecule has 2 unspecified atom stereocenters. The molecule has 0 amide bonds. The van der Waals surface area contributed by atoms with Crippen LogP contribution in [0.1, 0.15) is 35.4 Å². The summed E-state index contributed by atoms with van der Waals surface area (Å²) in [5, 5.41) is 0. The van der Waals surface area contributed by atoms with E-state index in [4.69, 9.17) is 4.74 Å². The quantitative estimate of drug-likeness (QED) is 0.796. The number of benzene rings is 2. The monoisotopic (exact) mass is 280 g/mol. The fourth-order valence-electron chi connectivity index (χ4n) is 3.46. The van der Waals surface area contributed by atoms with E-state index in [0.717, 1.165) is 12.8 Å². The van der Waals surface area contributed by atoms with E-state index < -0.39 is 0 Å². The lowest BCUT2D eigenvalue weighted by Gasteiger charge is -2.33. The molecule has 0 saturated carbocycles. The standard InChI is InChI=1S/C19H20O2/c1-21-18(20)13-16-12-11-14-7-5-6-10-17(14)19(16)15-8-3-2-4-9-15/h2-10,16,19H,11-13H2,1H3. The van der Waals surface area contributed by atoms with Crippen molar-refractivity contribution in [2.24, 2.45) is 5.92 Å². The van der Waals surface area contributed by atoms with Gasteiger partial charge in [0.1, 0.15) is 0 Å². The van der Waals surface area contributed by atoms with Crippen molar-refractivity contribution in [1.29, 1.82) is 0 Å². The first-order valence-corrected chi connectivity index (χ1v) is 7.49. The van der Waals surface area contributed by atoms with Gasteiger partial charge in [-0.05, 0) is 35.4 Å². The second kappa shape index (κ2) is 6.13. The topological polar surface area (TPSA) is 26.3 Å². The number of methoxy groups -OCH3 is 1. The zero-order valence-electron chi connectivity index (χ0n) is 12.3. The number of hydrogen-bond donors (Lipinski definition) is 0. The van der Waals surface area contributed by atoms with Gasteiger partial charge in [0, 0.05) is 12.3 Å². The molecule has 0 spiro atoms. The highest BCUT2D eigenvalue weighted by molar-refractivity contribution is 5.70. The van der Waals surface area contributed by atoms with Crippen LogP contribution in [0.3, 0.4) is 0 Å². The fraction of sp³-hybridized carbons (Fsp3) is 0.316. The molecule has 2 heteroatoms. The molecule has 1 aliphatic rings. The van der Waals surface area contributed by atoms with Crippen LogP contribution in [0.25, 0.3) is 0 Å². The molecule has 0 fully saturated rings. The lowest BCUT2D eigenvalue weighted by molar-refractivity contribution is -0.141. The minimum Gasteiger partial charge on any atom is -0.469 e. The van der Waals surface area contributed by atoms with Crippen LogP contribution in [0.15, 0.2) is 54.6 Å². The minimum absolute atomic E-state index is 0.111. The molecule has 0 saturated heterocycles. The number of esters is 1.